The second-order valence-electron chi connectivity index (χ2n) is 5.11. The van der Waals surface area contributed by atoms with Gasteiger partial charge in [-0.3, -0.25) is 9.59 Å². The number of carbonyl (C=O) groups excluding carboxylic acids is 2. The molecule has 0 aliphatic heterocycles. The average molecular weight is 275 g/mol. The first kappa shape index (κ1) is 14.5. The van der Waals surface area contributed by atoms with Gasteiger partial charge in [-0.15, -0.1) is 0 Å². The molecule has 2 amide bonds. The van der Waals surface area contributed by atoms with Crippen molar-refractivity contribution in [3.05, 3.63) is 29.8 Å². The Bertz CT molecular complexity index is 484. The maximum atomic E-state index is 11.7. The zero-order chi connectivity index (χ0) is 14.4. The van der Waals surface area contributed by atoms with E-state index in [0.29, 0.717) is 13.1 Å². The van der Waals surface area contributed by atoms with Gasteiger partial charge < -0.3 is 16.0 Å². The molecule has 1 saturated carbocycles. The molecule has 1 aromatic carbocycles. The van der Waals surface area contributed by atoms with Crippen LogP contribution in [-0.4, -0.2) is 31.4 Å². The molecule has 0 bridgehead atoms. The maximum absolute atomic E-state index is 11.7. The minimum Gasteiger partial charge on any atom is -0.355 e. The summed E-state index contributed by atoms with van der Waals surface area (Å²) in [6, 6.07) is 7.66. The molecular formula is C15H21N3O2. The van der Waals surface area contributed by atoms with E-state index in [-0.39, 0.29) is 24.3 Å². The van der Waals surface area contributed by atoms with Crippen molar-refractivity contribution >= 4 is 17.5 Å². The van der Waals surface area contributed by atoms with Crippen molar-refractivity contribution in [1.82, 2.24) is 10.6 Å². The Morgan fingerprint density at radius 3 is 2.65 bits per heavy atom. The number of anilines is 1. The largest absolute Gasteiger partial charge is 0.355 e. The second kappa shape index (κ2) is 7.05. The minimum absolute atomic E-state index is 0.0761. The van der Waals surface area contributed by atoms with Crippen LogP contribution >= 0.6 is 0 Å². The zero-order valence-electron chi connectivity index (χ0n) is 11.7. The molecule has 0 atom stereocenters. The van der Waals surface area contributed by atoms with E-state index >= 15 is 0 Å². The number of amides is 2. The van der Waals surface area contributed by atoms with E-state index in [1.807, 2.05) is 31.2 Å². The summed E-state index contributed by atoms with van der Waals surface area (Å²) in [6.07, 6.45) is 2.02. The fourth-order valence-corrected chi connectivity index (χ4v) is 1.87. The predicted molar refractivity (Wildman–Crippen MR) is 78.4 cm³/mol. The molecule has 1 aliphatic rings. The summed E-state index contributed by atoms with van der Waals surface area (Å²) in [5.41, 5.74) is 1.87. The van der Waals surface area contributed by atoms with Gasteiger partial charge in [0, 0.05) is 24.7 Å². The van der Waals surface area contributed by atoms with Gasteiger partial charge in [-0.2, -0.15) is 0 Å². The molecule has 5 nitrogen and oxygen atoms in total. The lowest BCUT2D eigenvalue weighted by Gasteiger charge is -2.09. The van der Waals surface area contributed by atoms with Crippen LogP contribution in [0.5, 0.6) is 0 Å². The number of hydrogen-bond donors (Lipinski definition) is 3. The Hall–Kier alpha value is -1.88. The number of nitrogens with one attached hydrogen (secondary N) is 3. The van der Waals surface area contributed by atoms with Gasteiger partial charge in [0.15, 0.2) is 0 Å². The highest BCUT2D eigenvalue weighted by molar-refractivity contribution is 5.92. The van der Waals surface area contributed by atoms with Crippen LogP contribution in [0.25, 0.3) is 0 Å². The Morgan fingerprint density at radius 2 is 1.95 bits per heavy atom. The van der Waals surface area contributed by atoms with Crippen molar-refractivity contribution in [1.29, 1.82) is 0 Å². The van der Waals surface area contributed by atoms with Crippen LogP contribution in [0, 0.1) is 12.8 Å². The molecule has 1 aromatic rings. The molecule has 20 heavy (non-hydrogen) atoms. The minimum atomic E-state index is -0.0761. The number of aryl methyl sites for hydroxylation is 1. The third-order valence-corrected chi connectivity index (χ3v) is 3.25. The molecule has 0 aromatic heterocycles. The Kier molecular flexibility index (Phi) is 5.12. The fourth-order valence-electron chi connectivity index (χ4n) is 1.87. The van der Waals surface area contributed by atoms with Crippen molar-refractivity contribution in [2.75, 3.05) is 25.0 Å². The summed E-state index contributed by atoms with van der Waals surface area (Å²) in [4.78, 5) is 23.1. The highest BCUT2D eigenvalue weighted by Crippen LogP contribution is 2.28. The average Bonchev–Trinajstić information content (AvgIpc) is 3.25. The molecule has 0 heterocycles. The van der Waals surface area contributed by atoms with Gasteiger partial charge in [-0.25, -0.2) is 0 Å². The van der Waals surface area contributed by atoms with E-state index in [0.717, 1.165) is 24.1 Å². The van der Waals surface area contributed by atoms with Crippen molar-refractivity contribution in [2.45, 2.75) is 19.8 Å². The molecule has 1 aliphatic carbocycles. The topological polar surface area (TPSA) is 70.2 Å². The van der Waals surface area contributed by atoms with Crippen LogP contribution in [0.1, 0.15) is 18.4 Å². The lowest BCUT2D eigenvalue weighted by Crippen LogP contribution is -2.36. The highest BCUT2D eigenvalue weighted by Gasteiger charge is 2.28. The summed E-state index contributed by atoms with van der Waals surface area (Å²) in [5, 5.41) is 8.71. The lowest BCUT2D eigenvalue weighted by molar-refractivity contribution is -0.122. The first-order valence-corrected chi connectivity index (χ1v) is 7.00. The molecule has 5 heteroatoms. The molecule has 0 spiro atoms. The van der Waals surface area contributed by atoms with Crippen LogP contribution in [0.15, 0.2) is 24.3 Å². The van der Waals surface area contributed by atoms with Gasteiger partial charge in [0.25, 0.3) is 0 Å². The van der Waals surface area contributed by atoms with Crippen LogP contribution in [0.4, 0.5) is 5.69 Å². The molecule has 2 rings (SSSR count). The van der Waals surface area contributed by atoms with Crippen molar-refractivity contribution in [3.8, 4) is 0 Å². The number of rotatable bonds is 7. The maximum Gasteiger partial charge on any atom is 0.238 e. The van der Waals surface area contributed by atoms with E-state index in [1.54, 1.807) is 0 Å². The molecule has 0 unspecified atom stereocenters. The Morgan fingerprint density at radius 1 is 1.20 bits per heavy atom. The zero-order valence-corrected chi connectivity index (χ0v) is 11.7. The van der Waals surface area contributed by atoms with Crippen LogP contribution in [0.2, 0.25) is 0 Å². The third kappa shape index (κ3) is 4.66. The Labute approximate surface area is 119 Å². The molecule has 0 saturated heterocycles. The molecule has 0 radical (unpaired) electrons. The summed E-state index contributed by atoms with van der Waals surface area (Å²) in [7, 11) is 0. The van der Waals surface area contributed by atoms with Crippen molar-refractivity contribution in [3.63, 3.8) is 0 Å². The summed E-state index contributed by atoms with van der Waals surface area (Å²) in [6.45, 7) is 3.36. The van der Waals surface area contributed by atoms with Crippen LogP contribution in [-0.2, 0) is 9.59 Å². The Balaban J connectivity index is 1.58. The third-order valence-electron chi connectivity index (χ3n) is 3.25. The van der Waals surface area contributed by atoms with E-state index in [4.69, 9.17) is 0 Å². The molecule has 1 fully saturated rings. The van der Waals surface area contributed by atoms with Gasteiger partial charge in [0.2, 0.25) is 11.8 Å². The van der Waals surface area contributed by atoms with Crippen molar-refractivity contribution < 1.29 is 9.59 Å². The van der Waals surface area contributed by atoms with E-state index in [2.05, 4.69) is 16.0 Å². The van der Waals surface area contributed by atoms with Crippen LogP contribution < -0.4 is 16.0 Å². The highest BCUT2D eigenvalue weighted by atomic mass is 16.2. The SMILES string of the molecule is Cc1ccccc1NC(=O)CNCCNC(=O)C1CC1. The van der Waals surface area contributed by atoms with Gasteiger partial charge in [0.05, 0.1) is 6.54 Å². The second-order valence-corrected chi connectivity index (χ2v) is 5.11. The lowest BCUT2D eigenvalue weighted by atomic mass is 10.2. The number of hydrogen-bond acceptors (Lipinski definition) is 3. The number of benzene rings is 1. The van der Waals surface area contributed by atoms with Gasteiger partial charge >= 0.3 is 0 Å². The van der Waals surface area contributed by atoms with Crippen LogP contribution in [0.3, 0.4) is 0 Å². The normalized spacial score (nSPS) is 13.8. The quantitative estimate of drug-likeness (QED) is 0.651. The van der Waals surface area contributed by atoms with Crippen molar-refractivity contribution in [2.24, 2.45) is 5.92 Å². The summed E-state index contributed by atoms with van der Waals surface area (Å²) in [5.74, 6) is 0.295. The number of carbonyl (C=O) groups is 2. The first-order chi connectivity index (χ1) is 9.66. The molecule has 108 valence electrons. The molecular weight excluding hydrogens is 254 g/mol. The first-order valence-electron chi connectivity index (χ1n) is 7.00. The smallest absolute Gasteiger partial charge is 0.238 e. The number of para-hydroxylation sites is 1. The van der Waals surface area contributed by atoms with E-state index in [1.165, 1.54) is 0 Å². The summed E-state index contributed by atoms with van der Waals surface area (Å²) >= 11 is 0. The standard InChI is InChI=1S/C15H21N3O2/c1-11-4-2-3-5-13(11)18-14(19)10-16-8-9-17-15(20)12-6-7-12/h2-5,12,16H,6-10H2,1H3,(H,17,20)(H,18,19). The van der Waals surface area contributed by atoms with Gasteiger partial charge in [0.1, 0.15) is 0 Å². The van der Waals surface area contributed by atoms with E-state index in [9.17, 15) is 9.59 Å². The molecule has 3 N–H and O–H groups in total. The van der Waals surface area contributed by atoms with E-state index < -0.39 is 0 Å². The van der Waals surface area contributed by atoms with Gasteiger partial charge in [-0.1, -0.05) is 18.2 Å². The predicted octanol–water partition coefficient (Wildman–Crippen LogP) is 1.05. The monoisotopic (exact) mass is 275 g/mol. The fraction of sp³-hybridized carbons (Fsp3) is 0.467. The summed E-state index contributed by atoms with van der Waals surface area (Å²) < 4.78 is 0. The van der Waals surface area contributed by atoms with Gasteiger partial charge in [-0.05, 0) is 31.4 Å².